The van der Waals surface area contributed by atoms with Crippen LogP contribution in [-0.4, -0.2) is 34.7 Å². The van der Waals surface area contributed by atoms with E-state index in [1.54, 1.807) is 36.4 Å². The molecule has 1 aliphatic carbocycles. The molecule has 9 heteroatoms. The van der Waals surface area contributed by atoms with Gasteiger partial charge in [-0.05, 0) is 57.6 Å². The number of nitrogens with zero attached hydrogens (tertiary/aromatic N) is 1. The molecule has 202 valence electrons. The van der Waals surface area contributed by atoms with Gasteiger partial charge in [0.05, 0.1) is 4.92 Å². The highest BCUT2D eigenvalue weighted by molar-refractivity contribution is 5.81. The highest BCUT2D eigenvalue weighted by Gasteiger charge is 2.29. The van der Waals surface area contributed by atoms with Crippen LogP contribution in [0.5, 0.6) is 5.75 Å². The Morgan fingerprint density at radius 1 is 0.850 bits per heavy atom. The maximum atomic E-state index is 12.6. The number of benzene rings is 4. The van der Waals surface area contributed by atoms with E-state index < -0.39 is 23.0 Å². The minimum Gasteiger partial charge on any atom is -0.489 e. The van der Waals surface area contributed by atoms with E-state index in [1.165, 1.54) is 12.1 Å². The number of nitro benzene ring substituents is 1. The van der Waals surface area contributed by atoms with Gasteiger partial charge in [-0.2, -0.15) is 0 Å². The van der Waals surface area contributed by atoms with E-state index in [4.69, 9.17) is 9.47 Å². The van der Waals surface area contributed by atoms with Crippen LogP contribution in [-0.2, 0) is 22.6 Å². The van der Waals surface area contributed by atoms with Crippen LogP contribution in [0.1, 0.15) is 28.2 Å². The average Bonchev–Trinajstić information content (AvgIpc) is 3.29. The van der Waals surface area contributed by atoms with Gasteiger partial charge in [-0.1, -0.05) is 60.7 Å². The van der Waals surface area contributed by atoms with Crippen LogP contribution < -0.4 is 10.1 Å². The summed E-state index contributed by atoms with van der Waals surface area (Å²) in [4.78, 5) is 34.8. The Balaban J connectivity index is 1.15. The van der Waals surface area contributed by atoms with Crippen LogP contribution >= 0.6 is 0 Å². The van der Waals surface area contributed by atoms with E-state index in [9.17, 15) is 24.8 Å². The van der Waals surface area contributed by atoms with Gasteiger partial charge in [-0.15, -0.1) is 0 Å². The van der Waals surface area contributed by atoms with E-state index >= 15 is 0 Å². The van der Waals surface area contributed by atoms with Crippen molar-refractivity contribution in [2.45, 2.75) is 25.0 Å². The molecule has 1 aliphatic rings. The number of carboxylic acid groups (broad SMARTS) is 1. The SMILES string of the molecule is O=C(NC(Cc1ccc(OCc2ccc([N+](=O)[O-])cc2)cc1)C(=O)O)OCC1c2ccccc2-c2ccccc21. The van der Waals surface area contributed by atoms with Crippen LogP contribution in [0.2, 0.25) is 0 Å². The number of aliphatic carboxylic acids is 1. The van der Waals surface area contributed by atoms with E-state index in [0.717, 1.165) is 27.8 Å². The zero-order valence-corrected chi connectivity index (χ0v) is 21.4. The van der Waals surface area contributed by atoms with Gasteiger partial charge < -0.3 is 19.9 Å². The molecule has 0 heterocycles. The molecule has 0 saturated heterocycles. The number of ether oxygens (including phenoxy) is 2. The number of non-ortho nitro benzene ring substituents is 1. The lowest BCUT2D eigenvalue weighted by Gasteiger charge is -2.17. The predicted octanol–water partition coefficient (Wildman–Crippen LogP) is 5.71. The topological polar surface area (TPSA) is 128 Å². The number of hydrogen-bond donors (Lipinski definition) is 2. The minimum absolute atomic E-state index is 0.00720. The molecule has 0 fully saturated rings. The Morgan fingerprint density at radius 3 is 2.00 bits per heavy atom. The van der Waals surface area contributed by atoms with Gasteiger partial charge in [0.15, 0.2) is 0 Å². The highest BCUT2D eigenvalue weighted by atomic mass is 16.6. The van der Waals surface area contributed by atoms with Crippen molar-refractivity contribution in [2.75, 3.05) is 6.61 Å². The third-order valence-electron chi connectivity index (χ3n) is 6.85. The largest absolute Gasteiger partial charge is 0.489 e. The summed E-state index contributed by atoms with van der Waals surface area (Å²) in [5.74, 6) is -0.745. The molecule has 5 rings (SSSR count). The Morgan fingerprint density at radius 2 is 1.43 bits per heavy atom. The molecule has 0 saturated carbocycles. The van der Waals surface area contributed by atoms with E-state index in [0.29, 0.717) is 11.3 Å². The van der Waals surface area contributed by atoms with Gasteiger partial charge in [-0.25, -0.2) is 9.59 Å². The molecular formula is C31H26N2O7. The molecule has 0 spiro atoms. The lowest BCUT2D eigenvalue weighted by Crippen LogP contribution is -2.42. The molecule has 1 amide bonds. The van der Waals surface area contributed by atoms with Gasteiger partial charge in [-0.3, -0.25) is 10.1 Å². The average molecular weight is 539 g/mol. The fraction of sp³-hybridized carbons (Fsp3) is 0.161. The number of nitro groups is 1. The zero-order valence-electron chi connectivity index (χ0n) is 21.4. The summed E-state index contributed by atoms with van der Waals surface area (Å²) in [7, 11) is 0. The van der Waals surface area contributed by atoms with Crippen molar-refractivity contribution in [2.24, 2.45) is 0 Å². The van der Waals surface area contributed by atoms with Crippen molar-refractivity contribution < 1.29 is 29.1 Å². The Labute approximate surface area is 230 Å². The lowest BCUT2D eigenvalue weighted by atomic mass is 9.98. The lowest BCUT2D eigenvalue weighted by molar-refractivity contribution is -0.384. The second-order valence-corrected chi connectivity index (χ2v) is 9.42. The summed E-state index contributed by atoms with van der Waals surface area (Å²) in [6.45, 7) is 0.311. The first-order valence-electron chi connectivity index (χ1n) is 12.7. The smallest absolute Gasteiger partial charge is 0.407 e. The molecule has 40 heavy (non-hydrogen) atoms. The third kappa shape index (κ3) is 5.94. The molecule has 1 unspecified atom stereocenters. The van der Waals surface area contributed by atoms with Gasteiger partial charge in [0.25, 0.3) is 5.69 Å². The second-order valence-electron chi connectivity index (χ2n) is 9.42. The monoisotopic (exact) mass is 538 g/mol. The number of carbonyl (C=O) groups excluding carboxylic acids is 1. The van der Waals surface area contributed by atoms with Crippen molar-refractivity contribution in [3.8, 4) is 16.9 Å². The Bertz CT molecular complexity index is 1490. The molecule has 0 aromatic heterocycles. The summed E-state index contributed by atoms with van der Waals surface area (Å²) in [5, 5.41) is 23.0. The number of hydrogen-bond acceptors (Lipinski definition) is 6. The number of amides is 1. The van der Waals surface area contributed by atoms with Crippen LogP contribution in [0.25, 0.3) is 11.1 Å². The molecule has 0 aliphatic heterocycles. The van der Waals surface area contributed by atoms with E-state index in [-0.39, 0.29) is 31.2 Å². The number of fused-ring (bicyclic) bond motifs is 3. The fourth-order valence-corrected chi connectivity index (χ4v) is 4.82. The van der Waals surface area contributed by atoms with Crippen molar-refractivity contribution in [1.29, 1.82) is 0 Å². The second kappa shape index (κ2) is 11.7. The summed E-state index contributed by atoms with van der Waals surface area (Å²) < 4.78 is 11.2. The summed E-state index contributed by atoms with van der Waals surface area (Å²) in [6, 6.07) is 27.7. The fourth-order valence-electron chi connectivity index (χ4n) is 4.82. The maximum absolute atomic E-state index is 12.6. The highest BCUT2D eigenvalue weighted by Crippen LogP contribution is 2.44. The van der Waals surface area contributed by atoms with Crippen molar-refractivity contribution in [3.63, 3.8) is 0 Å². The molecular weight excluding hydrogens is 512 g/mol. The first-order valence-corrected chi connectivity index (χ1v) is 12.7. The standard InChI is InChI=1S/C31H26N2O7/c34-30(35)29(17-20-11-15-23(16-12-20)39-18-21-9-13-22(14-10-21)33(37)38)32-31(36)40-19-28-26-7-3-1-5-24(26)25-6-2-4-8-27(25)28/h1-16,28-29H,17-19H2,(H,32,36)(H,34,35). The van der Waals surface area contributed by atoms with Crippen LogP contribution in [0.3, 0.4) is 0 Å². The molecule has 1 atom stereocenters. The molecule has 0 bridgehead atoms. The number of carbonyl (C=O) groups is 2. The Kier molecular flexibility index (Phi) is 7.72. The van der Waals surface area contributed by atoms with Gasteiger partial charge >= 0.3 is 12.1 Å². The predicted molar refractivity (Wildman–Crippen MR) is 147 cm³/mol. The summed E-state index contributed by atoms with van der Waals surface area (Å²) >= 11 is 0. The summed E-state index contributed by atoms with van der Waals surface area (Å²) in [5.41, 5.74) is 5.82. The number of alkyl carbamates (subject to hydrolysis) is 1. The number of carboxylic acids is 1. The third-order valence-corrected chi connectivity index (χ3v) is 6.85. The number of nitrogens with one attached hydrogen (secondary N) is 1. The normalized spacial score (nSPS) is 12.6. The minimum atomic E-state index is -1.18. The van der Waals surface area contributed by atoms with Gasteiger partial charge in [0, 0.05) is 24.5 Å². The molecule has 0 radical (unpaired) electrons. The molecule has 2 N–H and O–H groups in total. The van der Waals surface area contributed by atoms with Crippen LogP contribution in [0.4, 0.5) is 10.5 Å². The quantitative estimate of drug-likeness (QED) is 0.196. The summed E-state index contributed by atoms with van der Waals surface area (Å²) in [6.07, 6.45) is -0.736. The van der Waals surface area contributed by atoms with Crippen molar-refractivity contribution >= 4 is 17.7 Å². The van der Waals surface area contributed by atoms with E-state index in [1.807, 2.05) is 48.5 Å². The first kappa shape index (κ1) is 26.4. The Hall–Kier alpha value is -5.18. The zero-order chi connectivity index (χ0) is 28.1. The van der Waals surface area contributed by atoms with E-state index in [2.05, 4.69) is 5.32 Å². The maximum Gasteiger partial charge on any atom is 0.407 e. The number of rotatable bonds is 10. The van der Waals surface area contributed by atoms with Gasteiger partial charge in [0.1, 0.15) is 25.0 Å². The van der Waals surface area contributed by atoms with Crippen LogP contribution in [0, 0.1) is 10.1 Å². The van der Waals surface area contributed by atoms with Gasteiger partial charge in [0.2, 0.25) is 0 Å². The van der Waals surface area contributed by atoms with Crippen LogP contribution in [0.15, 0.2) is 97.1 Å². The van der Waals surface area contributed by atoms with Crippen molar-refractivity contribution in [1.82, 2.24) is 5.32 Å². The molecule has 4 aromatic carbocycles. The van der Waals surface area contributed by atoms with Crippen molar-refractivity contribution in [3.05, 3.63) is 129 Å². The molecule has 9 nitrogen and oxygen atoms in total. The first-order chi connectivity index (χ1) is 19.4. The molecule has 4 aromatic rings.